The van der Waals surface area contributed by atoms with Crippen LogP contribution >= 0.6 is 0 Å². The number of methoxy groups -OCH3 is 2. The molecule has 3 aliphatic rings. The number of nitrogens with one attached hydrogen (secondary N) is 4. The van der Waals surface area contributed by atoms with Crippen LogP contribution in [0.25, 0.3) is 33.6 Å². The molecule has 0 spiro atoms. The lowest BCUT2D eigenvalue weighted by Gasteiger charge is -2.35. The molecule has 62 heavy (non-hydrogen) atoms. The molecule has 2 aliphatic heterocycles. The van der Waals surface area contributed by atoms with E-state index in [1.165, 1.54) is 38.7 Å². The Morgan fingerprint density at radius 1 is 0.677 bits per heavy atom. The molecule has 2 aromatic heterocycles. The van der Waals surface area contributed by atoms with E-state index in [2.05, 4.69) is 30.6 Å². The van der Waals surface area contributed by atoms with Gasteiger partial charge >= 0.3 is 24.0 Å². The van der Waals surface area contributed by atoms with Gasteiger partial charge in [0.15, 0.2) is 0 Å². The zero-order chi connectivity index (χ0) is 45.1. The molecular weight excluding hydrogens is 813 g/mol. The number of H-pyrrole nitrogens is 2. The zero-order valence-corrected chi connectivity index (χ0v) is 35.9. The first-order valence-electron chi connectivity index (χ1n) is 20.5. The van der Waals surface area contributed by atoms with Crippen molar-refractivity contribution in [2.75, 3.05) is 27.3 Å². The highest BCUT2D eigenvalue weighted by atomic mass is 19.3. The molecule has 4 amide bonds. The van der Waals surface area contributed by atoms with E-state index < -0.39 is 70.2 Å². The van der Waals surface area contributed by atoms with Gasteiger partial charge in [-0.15, -0.1) is 0 Å². The third kappa shape index (κ3) is 7.87. The molecule has 1 aliphatic carbocycles. The number of likely N-dealkylation sites (tertiary alicyclic amines) is 2. The van der Waals surface area contributed by atoms with E-state index >= 15 is 17.6 Å². The van der Waals surface area contributed by atoms with Gasteiger partial charge in [-0.05, 0) is 59.8 Å². The van der Waals surface area contributed by atoms with Crippen LogP contribution in [0.2, 0.25) is 0 Å². The number of benzene rings is 2. The van der Waals surface area contributed by atoms with Crippen LogP contribution in [0.15, 0.2) is 48.8 Å². The number of hydrogen-bond acceptors (Lipinski definition) is 8. The monoisotopic (exact) mass is 864 g/mol. The number of aromatic amines is 2. The quantitative estimate of drug-likeness (QED) is 0.128. The molecule has 7 rings (SSSR count). The summed E-state index contributed by atoms with van der Waals surface area (Å²) in [6.07, 6.45) is 3.76. The minimum atomic E-state index is -4.61. The summed E-state index contributed by atoms with van der Waals surface area (Å²) < 4.78 is 74.3. The van der Waals surface area contributed by atoms with Crippen molar-refractivity contribution in [2.45, 2.75) is 103 Å². The van der Waals surface area contributed by atoms with E-state index in [1.807, 2.05) is 41.5 Å². The molecule has 18 heteroatoms. The lowest BCUT2D eigenvalue weighted by molar-refractivity contribution is -0.225. The maximum Gasteiger partial charge on any atom is 0.407 e. The molecule has 4 atom stereocenters. The van der Waals surface area contributed by atoms with Gasteiger partial charge in [-0.3, -0.25) is 9.59 Å². The second kappa shape index (κ2) is 16.1. The van der Waals surface area contributed by atoms with Crippen LogP contribution in [0.4, 0.5) is 27.2 Å². The van der Waals surface area contributed by atoms with Gasteiger partial charge in [0.05, 0.1) is 50.1 Å². The van der Waals surface area contributed by atoms with Crippen LogP contribution in [-0.2, 0) is 30.9 Å². The normalized spacial score (nSPS) is 20.2. The van der Waals surface area contributed by atoms with Crippen LogP contribution < -0.4 is 10.6 Å². The van der Waals surface area contributed by atoms with Gasteiger partial charge in [-0.25, -0.2) is 19.6 Å². The Hall–Kier alpha value is -5.94. The maximum absolute atomic E-state index is 16.2. The number of alkyl carbamates (subject to hydrolysis) is 2. The molecule has 332 valence electrons. The number of rotatable bonds is 8. The molecule has 0 saturated carbocycles. The second-order valence-corrected chi connectivity index (χ2v) is 18.3. The van der Waals surface area contributed by atoms with Gasteiger partial charge in [0, 0.05) is 35.3 Å². The predicted octanol–water partition coefficient (Wildman–Crippen LogP) is 8.20. The molecule has 4 N–H and O–H groups in total. The number of amides is 4. The van der Waals surface area contributed by atoms with Crippen molar-refractivity contribution < 1.29 is 46.2 Å². The number of nitrogens with zero attached hydrogens (tertiary/aromatic N) is 4. The standard InChI is InChI=1S/C44H52F4N8O6/c1-41(2,3)33(53-39(59)61-7)37(57)55-17-9-11-31(55)35-49-21-29(51-35)23-13-15-25-26-16-14-24(20-28(26)44(47,48)43(45,46)27(25)19-23)30-22-50-36(52-30)32-12-10-18-56(32)38(58)34(42(4,5)6)54-40(60)62-8/h13-16,19-22,31-34H,9-12,17-18H2,1-8H3,(H,49,51)(H,50,52)(H,53,59)(H,54,60)/t31-,32?,33+,34+/m0/s1. The number of imidazole rings is 2. The highest BCUT2D eigenvalue weighted by molar-refractivity contribution is 5.88. The Morgan fingerprint density at radius 2 is 1.05 bits per heavy atom. The summed E-state index contributed by atoms with van der Waals surface area (Å²) in [7, 11) is 2.42. The van der Waals surface area contributed by atoms with E-state index in [0.717, 1.165) is 12.1 Å². The third-order valence-electron chi connectivity index (χ3n) is 12.0. The van der Waals surface area contributed by atoms with E-state index in [1.54, 1.807) is 21.9 Å². The Bertz CT molecular complexity index is 2220. The molecule has 4 heterocycles. The molecule has 14 nitrogen and oxygen atoms in total. The summed E-state index contributed by atoms with van der Waals surface area (Å²) in [5.74, 6) is -9.10. The van der Waals surface area contributed by atoms with Crippen molar-refractivity contribution in [1.82, 2.24) is 40.4 Å². The van der Waals surface area contributed by atoms with Crippen molar-refractivity contribution in [1.29, 1.82) is 0 Å². The fraction of sp³-hybridized carbons (Fsp3) is 0.500. The van der Waals surface area contributed by atoms with Gasteiger partial charge in [0.25, 0.3) is 0 Å². The first kappa shape index (κ1) is 44.1. The van der Waals surface area contributed by atoms with Crippen molar-refractivity contribution in [3.8, 4) is 33.6 Å². The minimum Gasteiger partial charge on any atom is -0.453 e. The van der Waals surface area contributed by atoms with Gasteiger partial charge in [0.2, 0.25) is 11.8 Å². The molecule has 0 radical (unpaired) electrons. The van der Waals surface area contributed by atoms with Crippen molar-refractivity contribution in [2.24, 2.45) is 10.8 Å². The molecule has 2 fully saturated rings. The van der Waals surface area contributed by atoms with E-state index in [0.29, 0.717) is 61.8 Å². The number of carbonyl (C=O) groups is 4. The van der Waals surface area contributed by atoms with Gasteiger partial charge in [0.1, 0.15) is 23.7 Å². The van der Waals surface area contributed by atoms with Crippen LogP contribution in [0, 0.1) is 10.8 Å². The molecular formula is C44H52F4N8O6. The number of aromatic nitrogens is 4. The number of ether oxygens (including phenoxy) is 2. The lowest BCUT2D eigenvalue weighted by Crippen LogP contribution is -2.54. The van der Waals surface area contributed by atoms with E-state index in [-0.39, 0.29) is 34.1 Å². The molecule has 2 aromatic carbocycles. The average Bonchev–Trinajstić information content (AvgIpc) is 4.06. The number of hydrogen-bond donors (Lipinski definition) is 4. The van der Waals surface area contributed by atoms with E-state index in [9.17, 15) is 19.2 Å². The maximum atomic E-state index is 16.2. The highest BCUT2D eigenvalue weighted by Gasteiger charge is 2.63. The molecule has 1 unspecified atom stereocenters. The van der Waals surface area contributed by atoms with Gasteiger partial charge in [-0.1, -0.05) is 65.8 Å². The number of halogens is 4. The van der Waals surface area contributed by atoms with E-state index in [4.69, 9.17) is 9.47 Å². The van der Waals surface area contributed by atoms with Crippen LogP contribution in [0.3, 0.4) is 0 Å². The first-order valence-corrected chi connectivity index (χ1v) is 20.5. The minimum absolute atomic E-state index is 0.0516. The summed E-state index contributed by atoms with van der Waals surface area (Å²) in [4.78, 5) is 70.3. The SMILES string of the molecule is COC(=O)N[C@H](C(=O)N1CCCC1c1ncc(-c2ccc3c(c2)C(F)(F)C(F)(F)c2cc(-c4cnc([C@@H]5CCCN5C(=O)[C@@H](NC(=O)OC)C(C)(C)C)[nH]4)ccc2-3)[nH]1)C(C)(C)C. The van der Waals surface area contributed by atoms with Crippen molar-refractivity contribution >= 4 is 24.0 Å². The summed E-state index contributed by atoms with van der Waals surface area (Å²) in [6, 6.07) is 5.17. The summed E-state index contributed by atoms with van der Waals surface area (Å²) in [6.45, 7) is 11.7. The zero-order valence-electron chi connectivity index (χ0n) is 35.9. The van der Waals surface area contributed by atoms with Crippen molar-refractivity contribution in [3.05, 3.63) is 71.6 Å². The Balaban J connectivity index is 1.15. The van der Waals surface area contributed by atoms with Crippen LogP contribution in [0.5, 0.6) is 0 Å². The molecule has 0 bridgehead atoms. The van der Waals surface area contributed by atoms with Crippen molar-refractivity contribution in [3.63, 3.8) is 0 Å². The van der Waals surface area contributed by atoms with Gasteiger partial charge in [-0.2, -0.15) is 17.6 Å². The van der Waals surface area contributed by atoms with Crippen LogP contribution in [0.1, 0.15) is 102 Å². The number of carbonyl (C=O) groups excluding carboxylic acids is 4. The second-order valence-electron chi connectivity index (χ2n) is 18.3. The fourth-order valence-electron chi connectivity index (χ4n) is 8.67. The first-order chi connectivity index (χ1) is 29.1. The summed E-state index contributed by atoms with van der Waals surface area (Å²) in [5, 5.41) is 5.26. The molecule has 4 aromatic rings. The fourth-order valence-corrected chi connectivity index (χ4v) is 8.67. The van der Waals surface area contributed by atoms with Crippen LogP contribution in [-0.4, -0.2) is 93.1 Å². The Morgan fingerprint density at radius 3 is 1.39 bits per heavy atom. The largest absolute Gasteiger partial charge is 0.453 e. The summed E-state index contributed by atoms with van der Waals surface area (Å²) in [5.41, 5.74) is -2.11. The highest BCUT2D eigenvalue weighted by Crippen LogP contribution is 2.58. The predicted molar refractivity (Wildman–Crippen MR) is 220 cm³/mol. The average molecular weight is 865 g/mol. The Kier molecular flexibility index (Phi) is 11.4. The smallest absolute Gasteiger partial charge is 0.407 e. The Labute approximate surface area is 356 Å². The summed E-state index contributed by atoms with van der Waals surface area (Å²) >= 11 is 0. The third-order valence-corrected chi connectivity index (χ3v) is 12.0. The topological polar surface area (TPSA) is 175 Å². The van der Waals surface area contributed by atoms with Gasteiger partial charge < -0.3 is 39.9 Å². The molecule has 2 saturated heterocycles. The lowest BCUT2D eigenvalue weighted by atomic mass is 9.79. The number of fused-ring (bicyclic) bond motifs is 3. The number of alkyl halides is 4.